The molecule has 1 heterocycles. The van der Waals surface area contributed by atoms with Crippen LogP contribution in [0.4, 0.5) is 8.78 Å². The van der Waals surface area contributed by atoms with Crippen LogP contribution in [0.5, 0.6) is 0 Å². The number of hydrogen-bond acceptors (Lipinski definition) is 4. The number of hydrogen-bond donors (Lipinski definition) is 0. The van der Waals surface area contributed by atoms with Crippen molar-refractivity contribution in [1.82, 2.24) is 4.90 Å². The van der Waals surface area contributed by atoms with Gasteiger partial charge in [0.2, 0.25) is 0 Å². The lowest BCUT2D eigenvalue weighted by Gasteiger charge is -2.13. The number of rotatable bonds is 3. The Balaban J connectivity index is 1.73. The lowest BCUT2D eigenvalue weighted by atomic mass is 10.1. The monoisotopic (exact) mass is 317 g/mol. The molecule has 0 atom stereocenters. The van der Waals surface area contributed by atoms with Gasteiger partial charge in [0, 0.05) is 6.07 Å². The summed E-state index contributed by atoms with van der Waals surface area (Å²) in [5, 5.41) is 0. The number of benzene rings is 2. The van der Waals surface area contributed by atoms with Crippen LogP contribution in [0, 0.1) is 11.6 Å². The molecule has 0 saturated heterocycles. The van der Waals surface area contributed by atoms with Crippen LogP contribution in [0.1, 0.15) is 31.1 Å². The van der Waals surface area contributed by atoms with Crippen LogP contribution in [0.3, 0.4) is 0 Å². The highest BCUT2D eigenvalue weighted by atomic mass is 19.1. The topological polar surface area (TPSA) is 63.7 Å². The summed E-state index contributed by atoms with van der Waals surface area (Å²) in [7, 11) is 0. The molecule has 0 saturated carbocycles. The van der Waals surface area contributed by atoms with E-state index in [2.05, 4.69) is 0 Å². The number of imide groups is 1. The summed E-state index contributed by atoms with van der Waals surface area (Å²) in [5.41, 5.74) is 0.0785. The molecule has 2 aromatic rings. The zero-order chi connectivity index (χ0) is 16.6. The third-order valence-electron chi connectivity index (χ3n) is 3.30. The molecule has 2 amide bonds. The maximum absolute atomic E-state index is 13.1. The first-order valence-electron chi connectivity index (χ1n) is 6.56. The number of fused-ring (bicyclic) bond motifs is 1. The summed E-state index contributed by atoms with van der Waals surface area (Å²) in [5.74, 6) is -4.09. The fourth-order valence-corrected chi connectivity index (χ4v) is 2.23. The molecule has 0 N–H and O–H groups in total. The minimum Gasteiger partial charge on any atom is -0.440 e. The van der Waals surface area contributed by atoms with E-state index in [0.717, 1.165) is 17.0 Å². The predicted octanol–water partition coefficient (Wildman–Crippen LogP) is 2.38. The molecule has 0 unspecified atom stereocenters. The quantitative estimate of drug-likeness (QED) is 0.644. The molecule has 2 aromatic carbocycles. The van der Waals surface area contributed by atoms with E-state index in [1.54, 1.807) is 12.1 Å². The van der Waals surface area contributed by atoms with Crippen molar-refractivity contribution in [3.8, 4) is 0 Å². The van der Waals surface area contributed by atoms with Crippen LogP contribution in [-0.4, -0.2) is 29.4 Å². The third kappa shape index (κ3) is 2.68. The second-order valence-corrected chi connectivity index (χ2v) is 4.80. The first-order valence-corrected chi connectivity index (χ1v) is 6.56. The largest absolute Gasteiger partial charge is 0.440 e. The van der Waals surface area contributed by atoms with Crippen molar-refractivity contribution in [3.63, 3.8) is 0 Å². The molecule has 0 aliphatic carbocycles. The van der Waals surface area contributed by atoms with Crippen LogP contribution in [0.25, 0.3) is 0 Å². The minimum absolute atomic E-state index is 0.213. The van der Waals surface area contributed by atoms with Crippen molar-refractivity contribution < 1.29 is 27.9 Å². The van der Waals surface area contributed by atoms with E-state index in [0.29, 0.717) is 6.07 Å². The Morgan fingerprint density at radius 1 is 0.957 bits per heavy atom. The van der Waals surface area contributed by atoms with Gasteiger partial charge in [-0.05, 0) is 24.3 Å². The van der Waals surface area contributed by atoms with Gasteiger partial charge in [0.15, 0.2) is 6.73 Å². The van der Waals surface area contributed by atoms with E-state index in [4.69, 9.17) is 4.74 Å². The van der Waals surface area contributed by atoms with Gasteiger partial charge in [-0.1, -0.05) is 12.1 Å². The standard InChI is InChI=1S/C16H9F2NO4/c17-10-5-9(6-11(18)7-10)16(22)23-8-19-14(20)12-3-1-2-4-13(12)15(19)21/h1-7H,8H2. The van der Waals surface area contributed by atoms with Crippen molar-refractivity contribution in [2.75, 3.05) is 6.73 Å². The molecule has 0 bridgehead atoms. The second-order valence-electron chi connectivity index (χ2n) is 4.80. The molecule has 3 rings (SSSR count). The van der Waals surface area contributed by atoms with Crippen molar-refractivity contribution in [1.29, 1.82) is 0 Å². The second kappa shape index (κ2) is 5.60. The number of esters is 1. The van der Waals surface area contributed by atoms with Gasteiger partial charge in [0.1, 0.15) is 11.6 Å². The summed E-state index contributed by atoms with van der Waals surface area (Å²) in [4.78, 5) is 36.7. The summed E-state index contributed by atoms with van der Waals surface area (Å²) in [6.07, 6.45) is 0. The molecule has 0 spiro atoms. The van der Waals surface area contributed by atoms with Crippen molar-refractivity contribution in [3.05, 3.63) is 70.8 Å². The molecular weight excluding hydrogens is 308 g/mol. The van der Waals surface area contributed by atoms with Gasteiger partial charge in [-0.15, -0.1) is 0 Å². The van der Waals surface area contributed by atoms with E-state index < -0.39 is 36.1 Å². The molecule has 5 nitrogen and oxygen atoms in total. The Labute approximate surface area is 129 Å². The van der Waals surface area contributed by atoms with E-state index >= 15 is 0 Å². The highest BCUT2D eigenvalue weighted by Gasteiger charge is 2.35. The average molecular weight is 317 g/mol. The number of carbonyl (C=O) groups is 3. The fourth-order valence-electron chi connectivity index (χ4n) is 2.23. The van der Waals surface area contributed by atoms with Gasteiger partial charge in [0.05, 0.1) is 16.7 Å². The highest BCUT2D eigenvalue weighted by Crippen LogP contribution is 2.22. The Kier molecular flexibility index (Phi) is 3.61. The van der Waals surface area contributed by atoms with E-state index in [1.807, 2.05) is 0 Å². The molecule has 116 valence electrons. The van der Waals surface area contributed by atoms with Crippen LogP contribution in [0.2, 0.25) is 0 Å². The van der Waals surface area contributed by atoms with Gasteiger partial charge in [-0.2, -0.15) is 0 Å². The maximum Gasteiger partial charge on any atom is 0.340 e. The van der Waals surface area contributed by atoms with Gasteiger partial charge in [-0.3, -0.25) is 9.59 Å². The summed E-state index contributed by atoms with van der Waals surface area (Å²) >= 11 is 0. The Morgan fingerprint density at radius 3 is 2.00 bits per heavy atom. The summed E-state index contributed by atoms with van der Waals surface area (Å²) in [6.45, 7) is -0.636. The van der Waals surface area contributed by atoms with Crippen LogP contribution < -0.4 is 0 Å². The average Bonchev–Trinajstić information content (AvgIpc) is 2.76. The minimum atomic E-state index is -1.04. The number of amides is 2. The molecule has 0 radical (unpaired) electrons. The van der Waals surface area contributed by atoms with Crippen LogP contribution in [0.15, 0.2) is 42.5 Å². The molecule has 1 aliphatic heterocycles. The summed E-state index contributed by atoms with van der Waals surface area (Å²) in [6, 6.07) is 8.39. The molecule has 0 fully saturated rings. The lowest BCUT2D eigenvalue weighted by Crippen LogP contribution is -2.33. The van der Waals surface area contributed by atoms with E-state index in [-0.39, 0.29) is 16.7 Å². The first kappa shape index (κ1) is 14.8. The summed E-state index contributed by atoms with van der Waals surface area (Å²) < 4.78 is 30.9. The fraction of sp³-hybridized carbons (Fsp3) is 0.0625. The van der Waals surface area contributed by atoms with Gasteiger partial charge in [0.25, 0.3) is 11.8 Å². The number of carbonyl (C=O) groups excluding carboxylic acids is 3. The highest BCUT2D eigenvalue weighted by molar-refractivity contribution is 6.21. The normalized spacial score (nSPS) is 13.2. The van der Waals surface area contributed by atoms with Gasteiger partial charge in [-0.25, -0.2) is 18.5 Å². The SMILES string of the molecule is O=C(OCN1C(=O)c2ccccc2C1=O)c1cc(F)cc(F)c1. The Bertz CT molecular complexity index is 779. The zero-order valence-electron chi connectivity index (χ0n) is 11.6. The molecule has 0 aromatic heterocycles. The Morgan fingerprint density at radius 2 is 1.48 bits per heavy atom. The molecular formula is C16H9F2NO4. The number of nitrogens with zero attached hydrogens (tertiary/aromatic N) is 1. The maximum atomic E-state index is 13.1. The van der Waals surface area contributed by atoms with Crippen molar-refractivity contribution in [2.45, 2.75) is 0 Å². The molecule has 23 heavy (non-hydrogen) atoms. The van der Waals surface area contributed by atoms with E-state index in [9.17, 15) is 23.2 Å². The van der Waals surface area contributed by atoms with Crippen molar-refractivity contribution >= 4 is 17.8 Å². The first-order chi connectivity index (χ1) is 11.0. The lowest BCUT2D eigenvalue weighted by molar-refractivity contribution is 0.0227. The smallest absolute Gasteiger partial charge is 0.340 e. The van der Waals surface area contributed by atoms with Gasteiger partial charge < -0.3 is 4.74 Å². The predicted molar refractivity (Wildman–Crippen MR) is 73.6 cm³/mol. The number of ether oxygens (including phenoxy) is 1. The van der Waals surface area contributed by atoms with Crippen LogP contribution in [-0.2, 0) is 4.74 Å². The van der Waals surface area contributed by atoms with Crippen molar-refractivity contribution in [2.24, 2.45) is 0 Å². The Hall–Kier alpha value is -3.09. The molecule has 1 aliphatic rings. The van der Waals surface area contributed by atoms with Crippen LogP contribution >= 0.6 is 0 Å². The van der Waals surface area contributed by atoms with Gasteiger partial charge >= 0.3 is 5.97 Å². The number of halogens is 2. The van der Waals surface area contributed by atoms with E-state index in [1.165, 1.54) is 12.1 Å². The molecule has 7 heteroatoms. The third-order valence-corrected chi connectivity index (χ3v) is 3.30. The zero-order valence-corrected chi connectivity index (χ0v) is 11.6.